The Kier molecular flexibility index (Phi) is 8.57. The minimum atomic E-state index is -4.40. The van der Waals surface area contributed by atoms with E-state index in [1.807, 2.05) is 0 Å². The topological polar surface area (TPSA) is 0 Å². The first kappa shape index (κ1) is 16.0. The number of hydrogen-bond donors (Lipinski definition) is 0. The van der Waals surface area contributed by atoms with Gasteiger partial charge in [-0.25, -0.2) is 0 Å². The molecule has 7 heteroatoms. The Balaban J connectivity index is 0. The molecule has 0 aliphatic heterocycles. The minimum absolute atomic E-state index is 0. The monoisotopic (exact) mass is 216 g/mol. The van der Waals surface area contributed by atoms with Crippen molar-refractivity contribution in [1.82, 2.24) is 0 Å². The number of rotatable bonds is 4. The fraction of sp³-hybridized carbons (Fsp3) is 0.833. The quantitative estimate of drug-likeness (QED) is 0.364. The molecule has 0 aromatic rings. The molecule has 0 heterocycles. The summed E-state index contributed by atoms with van der Waals surface area (Å²) >= 11 is 0. The molecule has 1 unspecified atom stereocenters. The second-order valence-electron chi connectivity index (χ2n) is 2.26. The van der Waals surface area contributed by atoms with Gasteiger partial charge in [-0.05, 0) is 12.8 Å². The maximum atomic E-state index is 11.9. The van der Waals surface area contributed by atoms with Crippen LogP contribution in [0.5, 0.6) is 0 Å². The van der Waals surface area contributed by atoms with Crippen molar-refractivity contribution in [2.75, 3.05) is 0 Å². The smallest absolute Gasteiger partial charge is 0.418 e. The third-order valence-electron chi connectivity index (χ3n) is 1.15. The number of alkyl halides is 4. The second kappa shape index (κ2) is 6.95. The summed E-state index contributed by atoms with van der Waals surface area (Å²) in [7, 11) is 0. The largest absolute Gasteiger partial charge is 1.00 e. The van der Waals surface area contributed by atoms with Crippen molar-refractivity contribution < 1.29 is 55.9 Å². The first-order chi connectivity index (χ1) is 5.33. The van der Waals surface area contributed by atoms with Gasteiger partial charge in [0.2, 0.25) is 0 Å². The molecular weight excluding hydrogens is 209 g/mol. The van der Waals surface area contributed by atoms with Gasteiger partial charge in [-0.3, -0.25) is 4.39 Å². The molecule has 0 nitrogen and oxygen atoms in total. The van der Waals surface area contributed by atoms with Gasteiger partial charge in [0.25, 0.3) is 0 Å². The number of hydrogen-bond acceptors (Lipinski definition) is 0. The molecular formula is C6H7F6Na. The van der Waals surface area contributed by atoms with Gasteiger partial charge in [0.15, 0.2) is 0 Å². The zero-order valence-corrected chi connectivity index (χ0v) is 8.97. The summed E-state index contributed by atoms with van der Waals surface area (Å²) in [6.45, 7) is 0. The van der Waals surface area contributed by atoms with Gasteiger partial charge in [0, 0.05) is 19.0 Å². The Hall–Kier alpha value is 0.580. The van der Waals surface area contributed by atoms with E-state index in [0.717, 1.165) is 0 Å². The van der Waals surface area contributed by atoms with Crippen LogP contribution in [0.4, 0.5) is 26.3 Å². The van der Waals surface area contributed by atoms with E-state index < -0.39 is 38.0 Å². The molecule has 0 amide bonds. The van der Waals surface area contributed by atoms with E-state index in [4.69, 9.17) is 0 Å². The van der Waals surface area contributed by atoms with E-state index in [0.29, 0.717) is 0 Å². The van der Waals surface area contributed by atoms with Crippen LogP contribution in [0.3, 0.4) is 0 Å². The molecule has 1 atom stereocenters. The summed E-state index contributed by atoms with van der Waals surface area (Å²) in [4.78, 5) is 0. The van der Waals surface area contributed by atoms with E-state index in [1.165, 1.54) is 0 Å². The van der Waals surface area contributed by atoms with Crippen LogP contribution in [0.1, 0.15) is 19.3 Å². The first-order valence-electron chi connectivity index (χ1n) is 3.21. The van der Waals surface area contributed by atoms with Crippen molar-refractivity contribution in [1.29, 1.82) is 0 Å². The van der Waals surface area contributed by atoms with Crippen molar-refractivity contribution in [3.8, 4) is 0 Å². The van der Waals surface area contributed by atoms with Crippen molar-refractivity contribution in [3.05, 3.63) is 6.43 Å². The maximum Gasteiger partial charge on any atom is 1.00 e. The zero-order valence-electron chi connectivity index (χ0n) is 6.97. The molecule has 0 spiro atoms. The standard InChI is InChI=1S/C6H7F6.Na/c7-4(5(8)9)2-1-3-6(10,11)12;/h4H,1-3H2;/q-1;+1. The molecule has 13 heavy (non-hydrogen) atoms. The molecule has 0 rings (SSSR count). The average molecular weight is 216 g/mol. The van der Waals surface area contributed by atoms with Crippen LogP contribution in [0.15, 0.2) is 0 Å². The van der Waals surface area contributed by atoms with E-state index in [-0.39, 0.29) is 29.6 Å². The van der Waals surface area contributed by atoms with Crippen molar-refractivity contribution in [3.63, 3.8) is 0 Å². The molecule has 0 saturated heterocycles. The Morgan fingerprint density at radius 3 is 1.92 bits per heavy atom. The van der Waals surface area contributed by atoms with Crippen molar-refractivity contribution in [2.45, 2.75) is 31.6 Å². The van der Waals surface area contributed by atoms with Crippen LogP contribution in [-0.2, 0) is 0 Å². The molecule has 0 aromatic heterocycles. The van der Waals surface area contributed by atoms with Gasteiger partial charge in [0.1, 0.15) is 0 Å². The van der Waals surface area contributed by atoms with Crippen LogP contribution in [0.2, 0.25) is 0 Å². The average Bonchev–Trinajstić information content (AvgIpc) is 1.84. The predicted octanol–water partition coefficient (Wildman–Crippen LogP) is 0.490. The first-order valence-corrected chi connectivity index (χ1v) is 3.21. The van der Waals surface area contributed by atoms with Crippen LogP contribution >= 0.6 is 0 Å². The van der Waals surface area contributed by atoms with E-state index in [2.05, 4.69) is 0 Å². The molecule has 0 aliphatic carbocycles. The summed E-state index contributed by atoms with van der Waals surface area (Å²) in [5, 5.41) is 0. The molecule has 0 aromatic carbocycles. The third kappa shape index (κ3) is 10.5. The number of halogens is 6. The molecule has 0 radical (unpaired) electrons. The van der Waals surface area contributed by atoms with Gasteiger partial charge >= 0.3 is 35.7 Å². The Labute approximate surface area is 94.0 Å². The third-order valence-corrected chi connectivity index (χ3v) is 1.15. The normalized spacial score (nSPS) is 14.1. The molecule has 0 saturated carbocycles. The molecule has 0 N–H and O–H groups in total. The predicted molar refractivity (Wildman–Crippen MR) is 30.3 cm³/mol. The van der Waals surface area contributed by atoms with Crippen LogP contribution in [-0.4, -0.2) is 12.3 Å². The fourth-order valence-electron chi connectivity index (χ4n) is 0.591. The summed E-state index contributed by atoms with van der Waals surface area (Å²) < 4.78 is 68.7. The van der Waals surface area contributed by atoms with Gasteiger partial charge in [-0.2, -0.15) is 13.2 Å². The molecule has 0 fully saturated rings. The van der Waals surface area contributed by atoms with E-state index in [1.54, 1.807) is 0 Å². The zero-order chi connectivity index (χ0) is 9.78. The van der Waals surface area contributed by atoms with E-state index >= 15 is 0 Å². The fourth-order valence-corrected chi connectivity index (χ4v) is 0.591. The van der Waals surface area contributed by atoms with Gasteiger partial charge < -0.3 is 8.78 Å². The van der Waals surface area contributed by atoms with Crippen LogP contribution in [0, 0.1) is 6.43 Å². The Morgan fingerprint density at radius 1 is 1.15 bits per heavy atom. The molecule has 0 bridgehead atoms. The van der Waals surface area contributed by atoms with Crippen molar-refractivity contribution >= 4 is 0 Å². The summed E-state index contributed by atoms with van der Waals surface area (Å²) in [5.74, 6) is 0. The molecule has 74 valence electrons. The Morgan fingerprint density at radius 2 is 1.62 bits per heavy atom. The summed E-state index contributed by atoms with van der Waals surface area (Å²) in [5.41, 5.74) is 0. The van der Waals surface area contributed by atoms with Gasteiger partial charge in [-0.15, -0.1) is 0 Å². The van der Waals surface area contributed by atoms with Gasteiger partial charge in [-0.1, -0.05) is 0 Å². The van der Waals surface area contributed by atoms with Crippen LogP contribution in [0.25, 0.3) is 0 Å². The Bertz CT molecular complexity index is 123. The van der Waals surface area contributed by atoms with E-state index in [9.17, 15) is 26.3 Å². The van der Waals surface area contributed by atoms with Crippen molar-refractivity contribution in [2.24, 2.45) is 0 Å². The minimum Gasteiger partial charge on any atom is -0.418 e. The SMILES string of the molecule is F[C-](F)C(F)CCCC(F)(F)F.[Na+]. The summed E-state index contributed by atoms with van der Waals surface area (Å²) in [6.07, 6.45) is -12.0. The maximum absolute atomic E-state index is 11.9. The molecule has 0 aliphatic rings. The second-order valence-corrected chi connectivity index (χ2v) is 2.26. The van der Waals surface area contributed by atoms with Gasteiger partial charge in [0.05, 0.1) is 0 Å². The summed E-state index contributed by atoms with van der Waals surface area (Å²) in [6, 6.07) is 0. The van der Waals surface area contributed by atoms with Crippen LogP contribution < -0.4 is 29.6 Å².